The second kappa shape index (κ2) is 4.80. The predicted molar refractivity (Wildman–Crippen MR) is 80.7 cm³/mol. The third-order valence-electron chi connectivity index (χ3n) is 4.14. The molecule has 1 atom stereocenters. The number of hydrogen-bond donors (Lipinski definition) is 3. The number of nitrogens with zero attached hydrogens (tertiary/aromatic N) is 1. The maximum absolute atomic E-state index is 4.47. The van der Waals surface area contributed by atoms with E-state index in [1.807, 2.05) is 6.07 Å². The van der Waals surface area contributed by atoms with E-state index in [2.05, 4.69) is 50.8 Å². The second-order valence-corrected chi connectivity index (χ2v) is 5.52. The molecule has 1 saturated heterocycles. The normalized spacial score (nSPS) is 19.5. The molecule has 0 bridgehead atoms. The fraction of sp³-hybridized carbons (Fsp3) is 0.312. The first-order valence-electron chi connectivity index (χ1n) is 7.24. The second-order valence-electron chi connectivity index (χ2n) is 5.52. The van der Waals surface area contributed by atoms with Gasteiger partial charge in [0.15, 0.2) is 0 Å². The standard InChI is InChI=1S/C16H18N4/c1-2-6-13-11(4-1)8-15(18-13)16-9-14(19-20-16)12-5-3-7-17-10-12/h1-2,4,6,8-9,12,17-18H,3,5,7,10H2,(H,19,20)/t12-/m0/s1. The summed E-state index contributed by atoms with van der Waals surface area (Å²) >= 11 is 0. The molecule has 3 heterocycles. The molecular formula is C16H18N4. The van der Waals surface area contributed by atoms with Crippen LogP contribution in [0.2, 0.25) is 0 Å². The first kappa shape index (κ1) is 11.7. The highest BCUT2D eigenvalue weighted by Crippen LogP contribution is 2.27. The lowest BCUT2D eigenvalue weighted by Gasteiger charge is -2.21. The molecule has 102 valence electrons. The third kappa shape index (κ3) is 2.02. The predicted octanol–water partition coefficient (Wildman–Crippen LogP) is 3.03. The van der Waals surface area contributed by atoms with E-state index >= 15 is 0 Å². The molecule has 0 aliphatic carbocycles. The van der Waals surface area contributed by atoms with Crippen molar-refractivity contribution in [2.75, 3.05) is 13.1 Å². The van der Waals surface area contributed by atoms with Crippen LogP contribution in [0.5, 0.6) is 0 Å². The lowest BCUT2D eigenvalue weighted by atomic mass is 9.96. The highest BCUT2D eigenvalue weighted by Gasteiger charge is 2.18. The van der Waals surface area contributed by atoms with Gasteiger partial charge in [-0.1, -0.05) is 18.2 Å². The minimum absolute atomic E-state index is 0.564. The van der Waals surface area contributed by atoms with Gasteiger partial charge in [0, 0.05) is 29.1 Å². The van der Waals surface area contributed by atoms with Crippen molar-refractivity contribution >= 4 is 10.9 Å². The number of H-pyrrole nitrogens is 2. The lowest BCUT2D eigenvalue weighted by molar-refractivity contribution is 0.454. The Morgan fingerprint density at radius 2 is 2.10 bits per heavy atom. The van der Waals surface area contributed by atoms with Gasteiger partial charge in [-0.3, -0.25) is 5.10 Å². The van der Waals surface area contributed by atoms with E-state index < -0.39 is 0 Å². The molecule has 1 aromatic carbocycles. The van der Waals surface area contributed by atoms with Crippen LogP contribution in [-0.4, -0.2) is 28.3 Å². The maximum Gasteiger partial charge on any atom is 0.109 e. The van der Waals surface area contributed by atoms with E-state index in [1.54, 1.807) is 0 Å². The van der Waals surface area contributed by atoms with E-state index in [1.165, 1.54) is 23.9 Å². The summed E-state index contributed by atoms with van der Waals surface area (Å²) in [7, 11) is 0. The smallest absolute Gasteiger partial charge is 0.109 e. The van der Waals surface area contributed by atoms with Crippen LogP contribution in [0.4, 0.5) is 0 Å². The van der Waals surface area contributed by atoms with Crippen LogP contribution >= 0.6 is 0 Å². The van der Waals surface area contributed by atoms with Crippen LogP contribution in [0.15, 0.2) is 36.4 Å². The van der Waals surface area contributed by atoms with E-state index in [9.17, 15) is 0 Å². The quantitative estimate of drug-likeness (QED) is 0.668. The van der Waals surface area contributed by atoms with Crippen LogP contribution in [-0.2, 0) is 0 Å². The fourth-order valence-electron chi connectivity index (χ4n) is 3.01. The Morgan fingerprint density at radius 3 is 2.95 bits per heavy atom. The highest BCUT2D eigenvalue weighted by molar-refractivity contribution is 5.85. The zero-order chi connectivity index (χ0) is 13.4. The fourth-order valence-corrected chi connectivity index (χ4v) is 3.01. The Labute approximate surface area is 117 Å². The van der Waals surface area contributed by atoms with Crippen LogP contribution in [0.3, 0.4) is 0 Å². The number of para-hydroxylation sites is 1. The molecule has 1 aliphatic rings. The van der Waals surface area contributed by atoms with Crippen molar-refractivity contribution in [3.05, 3.63) is 42.1 Å². The molecule has 3 aromatic rings. The first-order valence-corrected chi connectivity index (χ1v) is 7.24. The summed E-state index contributed by atoms with van der Waals surface area (Å²) in [5.74, 6) is 0.564. The largest absolute Gasteiger partial charge is 0.353 e. The molecule has 2 aromatic heterocycles. The van der Waals surface area contributed by atoms with E-state index in [-0.39, 0.29) is 0 Å². The number of nitrogens with one attached hydrogen (secondary N) is 3. The van der Waals surface area contributed by atoms with Gasteiger partial charge >= 0.3 is 0 Å². The monoisotopic (exact) mass is 266 g/mol. The number of aromatic nitrogens is 3. The van der Waals surface area contributed by atoms with Crippen molar-refractivity contribution < 1.29 is 0 Å². The molecule has 0 unspecified atom stereocenters. The Kier molecular flexibility index (Phi) is 2.81. The summed E-state index contributed by atoms with van der Waals surface area (Å²) in [6.45, 7) is 2.19. The first-order chi connectivity index (χ1) is 9.90. The number of rotatable bonds is 2. The van der Waals surface area contributed by atoms with Crippen LogP contribution in [0.1, 0.15) is 24.5 Å². The molecule has 1 aliphatic heterocycles. The van der Waals surface area contributed by atoms with Gasteiger partial charge in [0.2, 0.25) is 0 Å². The highest BCUT2D eigenvalue weighted by atomic mass is 15.1. The Balaban J connectivity index is 1.66. The summed E-state index contributed by atoms with van der Waals surface area (Å²) < 4.78 is 0. The Bertz CT molecular complexity index is 686. The van der Waals surface area contributed by atoms with Gasteiger partial charge in [0.1, 0.15) is 5.69 Å². The minimum atomic E-state index is 0.564. The molecule has 4 nitrogen and oxygen atoms in total. The summed E-state index contributed by atoms with van der Waals surface area (Å²) in [6, 6.07) is 12.7. The van der Waals surface area contributed by atoms with Crippen molar-refractivity contribution in [1.29, 1.82) is 0 Å². The number of aromatic amines is 2. The van der Waals surface area contributed by atoms with Crippen molar-refractivity contribution in [3.63, 3.8) is 0 Å². The molecule has 0 amide bonds. The number of hydrogen-bond acceptors (Lipinski definition) is 2. The molecule has 4 heteroatoms. The molecule has 20 heavy (non-hydrogen) atoms. The molecule has 4 rings (SSSR count). The number of piperidine rings is 1. The average molecular weight is 266 g/mol. The molecule has 0 spiro atoms. The van der Waals surface area contributed by atoms with Crippen molar-refractivity contribution in [2.45, 2.75) is 18.8 Å². The van der Waals surface area contributed by atoms with Crippen molar-refractivity contribution in [2.24, 2.45) is 0 Å². The molecule has 3 N–H and O–H groups in total. The molecule has 1 fully saturated rings. The molecule has 0 radical (unpaired) electrons. The van der Waals surface area contributed by atoms with Crippen molar-refractivity contribution in [3.8, 4) is 11.4 Å². The maximum atomic E-state index is 4.47. The molecule has 0 saturated carbocycles. The van der Waals surface area contributed by atoms with Crippen LogP contribution in [0.25, 0.3) is 22.3 Å². The summed E-state index contributed by atoms with van der Waals surface area (Å²) in [5, 5.41) is 12.4. The van der Waals surface area contributed by atoms with Gasteiger partial charge in [-0.15, -0.1) is 0 Å². The van der Waals surface area contributed by atoms with Gasteiger partial charge in [-0.05, 0) is 37.6 Å². The number of fused-ring (bicyclic) bond motifs is 1. The lowest BCUT2D eigenvalue weighted by Crippen LogP contribution is -2.28. The SMILES string of the molecule is c1ccc2[nH]c(-c3cc([C@H]4CCCNC4)[nH]n3)cc2c1. The molecular weight excluding hydrogens is 248 g/mol. The summed E-state index contributed by atoms with van der Waals surface area (Å²) in [4.78, 5) is 3.43. The summed E-state index contributed by atoms with van der Waals surface area (Å²) in [5.41, 5.74) is 4.48. The van der Waals surface area contributed by atoms with Gasteiger partial charge in [0.05, 0.1) is 5.69 Å². The van der Waals surface area contributed by atoms with Gasteiger partial charge in [-0.2, -0.15) is 5.10 Å². The summed E-state index contributed by atoms with van der Waals surface area (Å²) in [6.07, 6.45) is 2.48. The Hall–Kier alpha value is -2.07. The van der Waals surface area contributed by atoms with E-state index in [0.717, 1.165) is 30.0 Å². The van der Waals surface area contributed by atoms with E-state index in [0.29, 0.717) is 5.92 Å². The average Bonchev–Trinajstić information content (AvgIpc) is 3.14. The topological polar surface area (TPSA) is 56.5 Å². The Morgan fingerprint density at radius 1 is 1.15 bits per heavy atom. The van der Waals surface area contributed by atoms with Crippen LogP contribution in [0, 0.1) is 0 Å². The third-order valence-corrected chi connectivity index (χ3v) is 4.14. The zero-order valence-corrected chi connectivity index (χ0v) is 11.3. The van der Waals surface area contributed by atoms with E-state index in [4.69, 9.17) is 0 Å². The van der Waals surface area contributed by atoms with Gasteiger partial charge in [-0.25, -0.2) is 0 Å². The van der Waals surface area contributed by atoms with Crippen LogP contribution < -0.4 is 5.32 Å². The zero-order valence-electron chi connectivity index (χ0n) is 11.3. The number of benzene rings is 1. The van der Waals surface area contributed by atoms with Crippen molar-refractivity contribution in [1.82, 2.24) is 20.5 Å². The minimum Gasteiger partial charge on any atom is -0.353 e. The van der Waals surface area contributed by atoms with Gasteiger partial charge < -0.3 is 10.3 Å². The van der Waals surface area contributed by atoms with Gasteiger partial charge in [0.25, 0.3) is 0 Å².